The summed E-state index contributed by atoms with van der Waals surface area (Å²) >= 11 is 0. The van der Waals surface area contributed by atoms with E-state index in [0.29, 0.717) is 13.1 Å². The van der Waals surface area contributed by atoms with Crippen molar-refractivity contribution < 1.29 is 9.90 Å². The first kappa shape index (κ1) is 13.4. The number of hydrogen-bond donors (Lipinski definition) is 1. The molecule has 108 valence electrons. The first-order chi connectivity index (χ1) is 10.2. The Morgan fingerprint density at radius 3 is 2.29 bits per heavy atom. The number of amides is 1. The molecule has 0 radical (unpaired) electrons. The molecule has 1 amide bonds. The molecule has 1 aromatic heterocycles. The van der Waals surface area contributed by atoms with E-state index in [1.54, 1.807) is 6.20 Å². The summed E-state index contributed by atoms with van der Waals surface area (Å²) in [5.74, 6) is 0. The Kier molecular flexibility index (Phi) is 3.73. The molecular weight excluding hydrogens is 266 g/mol. The molecule has 0 saturated carbocycles. The normalized spacial score (nSPS) is 15.0. The Labute approximate surface area is 123 Å². The van der Waals surface area contributed by atoms with E-state index in [1.165, 1.54) is 4.90 Å². The smallest absolute Gasteiger partial charge is 0.407 e. The highest BCUT2D eigenvalue weighted by molar-refractivity contribution is 5.66. The van der Waals surface area contributed by atoms with E-state index in [1.807, 2.05) is 18.2 Å². The maximum absolute atomic E-state index is 10.9. The Hall–Kier alpha value is -2.56. The average Bonchev–Trinajstić information content (AvgIpc) is 2.56. The lowest BCUT2D eigenvalue weighted by atomic mass is 10.1. The molecule has 1 aromatic carbocycles. The molecule has 0 aliphatic carbocycles. The van der Waals surface area contributed by atoms with Crippen LogP contribution in [0, 0.1) is 0 Å². The number of benzene rings is 1. The van der Waals surface area contributed by atoms with Gasteiger partial charge in [0, 0.05) is 43.6 Å². The lowest BCUT2D eigenvalue weighted by Gasteiger charge is -2.34. The number of pyridine rings is 1. The van der Waals surface area contributed by atoms with Gasteiger partial charge in [-0.3, -0.25) is 4.98 Å². The topological polar surface area (TPSA) is 56.7 Å². The van der Waals surface area contributed by atoms with Crippen LogP contribution in [0.15, 0.2) is 48.7 Å². The van der Waals surface area contributed by atoms with Crippen LogP contribution in [0.3, 0.4) is 0 Å². The van der Waals surface area contributed by atoms with Crippen LogP contribution in [0.25, 0.3) is 11.3 Å². The fraction of sp³-hybridized carbons (Fsp3) is 0.250. The molecule has 0 bridgehead atoms. The van der Waals surface area contributed by atoms with E-state index in [9.17, 15) is 4.79 Å². The maximum Gasteiger partial charge on any atom is 0.407 e. The van der Waals surface area contributed by atoms with Gasteiger partial charge in [0.15, 0.2) is 0 Å². The molecule has 2 heterocycles. The first-order valence-corrected chi connectivity index (χ1v) is 6.98. The summed E-state index contributed by atoms with van der Waals surface area (Å²) in [5.41, 5.74) is 3.17. The molecule has 2 aromatic rings. The van der Waals surface area contributed by atoms with E-state index < -0.39 is 6.09 Å². The van der Waals surface area contributed by atoms with E-state index in [4.69, 9.17) is 5.11 Å². The summed E-state index contributed by atoms with van der Waals surface area (Å²) in [6.45, 7) is 2.57. The number of aromatic nitrogens is 1. The summed E-state index contributed by atoms with van der Waals surface area (Å²) in [7, 11) is 0. The third-order valence-electron chi connectivity index (χ3n) is 3.74. The second kappa shape index (κ2) is 5.83. The molecule has 3 rings (SSSR count). The van der Waals surface area contributed by atoms with Crippen molar-refractivity contribution >= 4 is 11.8 Å². The monoisotopic (exact) mass is 283 g/mol. The van der Waals surface area contributed by atoms with Gasteiger partial charge in [0.05, 0.1) is 5.69 Å². The van der Waals surface area contributed by atoms with Gasteiger partial charge in [-0.05, 0) is 24.3 Å². The van der Waals surface area contributed by atoms with E-state index in [0.717, 1.165) is 30.0 Å². The molecule has 21 heavy (non-hydrogen) atoms. The Morgan fingerprint density at radius 2 is 1.71 bits per heavy atom. The van der Waals surface area contributed by atoms with Gasteiger partial charge in [0.2, 0.25) is 0 Å². The van der Waals surface area contributed by atoms with Crippen LogP contribution >= 0.6 is 0 Å². The lowest BCUT2D eigenvalue weighted by Crippen LogP contribution is -2.48. The average molecular weight is 283 g/mol. The van der Waals surface area contributed by atoms with Gasteiger partial charge in [-0.1, -0.05) is 18.2 Å². The van der Waals surface area contributed by atoms with Crippen molar-refractivity contribution in [1.82, 2.24) is 9.88 Å². The molecule has 1 fully saturated rings. The fourth-order valence-electron chi connectivity index (χ4n) is 2.53. The highest BCUT2D eigenvalue weighted by Gasteiger charge is 2.20. The molecule has 1 aliphatic heterocycles. The molecule has 5 nitrogen and oxygen atoms in total. The van der Waals surface area contributed by atoms with Gasteiger partial charge < -0.3 is 14.9 Å². The third-order valence-corrected chi connectivity index (χ3v) is 3.74. The van der Waals surface area contributed by atoms with Gasteiger partial charge in [-0.15, -0.1) is 0 Å². The molecule has 0 atom stereocenters. The molecule has 1 N–H and O–H groups in total. The zero-order valence-electron chi connectivity index (χ0n) is 11.6. The van der Waals surface area contributed by atoms with Gasteiger partial charge in [0.25, 0.3) is 0 Å². The van der Waals surface area contributed by atoms with Crippen LogP contribution in [-0.2, 0) is 0 Å². The highest BCUT2D eigenvalue weighted by atomic mass is 16.4. The zero-order chi connectivity index (χ0) is 14.7. The SMILES string of the molecule is O=C(O)N1CCN(c2ccc(-c3ccccn3)cc2)CC1. The fourth-order valence-corrected chi connectivity index (χ4v) is 2.53. The third kappa shape index (κ3) is 2.97. The Balaban J connectivity index is 1.69. The van der Waals surface area contributed by atoms with Gasteiger partial charge in [0.1, 0.15) is 0 Å². The predicted molar refractivity (Wildman–Crippen MR) is 81.5 cm³/mol. The van der Waals surface area contributed by atoms with Crippen molar-refractivity contribution in [3.8, 4) is 11.3 Å². The molecule has 1 aliphatic rings. The minimum atomic E-state index is -0.833. The number of piperazine rings is 1. The van der Waals surface area contributed by atoms with Crippen molar-refractivity contribution in [2.75, 3.05) is 31.1 Å². The van der Waals surface area contributed by atoms with Crippen LogP contribution in [0.1, 0.15) is 0 Å². The summed E-state index contributed by atoms with van der Waals surface area (Å²) < 4.78 is 0. The second-order valence-corrected chi connectivity index (χ2v) is 5.02. The van der Waals surface area contributed by atoms with Crippen molar-refractivity contribution in [3.05, 3.63) is 48.7 Å². The number of hydrogen-bond acceptors (Lipinski definition) is 3. The second-order valence-electron chi connectivity index (χ2n) is 5.02. The first-order valence-electron chi connectivity index (χ1n) is 6.98. The van der Waals surface area contributed by atoms with Crippen LogP contribution in [0.4, 0.5) is 10.5 Å². The van der Waals surface area contributed by atoms with Gasteiger partial charge >= 0.3 is 6.09 Å². The number of nitrogens with zero attached hydrogens (tertiary/aromatic N) is 3. The molecule has 5 heteroatoms. The minimum absolute atomic E-state index is 0.553. The maximum atomic E-state index is 10.9. The molecule has 1 saturated heterocycles. The summed E-state index contributed by atoms with van der Waals surface area (Å²) in [5, 5.41) is 8.96. The van der Waals surface area contributed by atoms with Crippen LogP contribution in [0.5, 0.6) is 0 Å². The Bertz CT molecular complexity index is 605. The van der Waals surface area contributed by atoms with Crippen LogP contribution < -0.4 is 4.90 Å². The number of carboxylic acid groups (broad SMARTS) is 1. The Morgan fingerprint density at radius 1 is 1.00 bits per heavy atom. The van der Waals surface area contributed by atoms with Crippen LogP contribution in [0.2, 0.25) is 0 Å². The van der Waals surface area contributed by atoms with E-state index in [-0.39, 0.29) is 0 Å². The molecule has 0 spiro atoms. The van der Waals surface area contributed by atoms with Crippen molar-refractivity contribution in [2.24, 2.45) is 0 Å². The molecular formula is C16H17N3O2. The number of rotatable bonds is 2. The summed E-state index contributed by atoms with van der Waals surface area (Å²) in [4.78, 5) is 18.9. The number of carbonyl (C=O) groups is 1. The van der Waals surface area contributed by atoms with Crippen LogP contribution in [-0.4, -0.2) is 47.3 Å². The van der Waals surface area contributed by atoms with E-state index >= 15 is 0 Å². The van der Waals surface area contributed by atoms with Gasteiger partial charge in [-0.25, -0.2) is 4.79 Å². The predicted octanol–water partition coefficient (Wildman–Crippen LogP) is 2.55. The van der Waals surface area contributed by atoms with Crippen molar-refractivity contribution in [1.29, 1.82) is 0 Å². The van der Waals surface area contributed by atoms with Gasteiger partial charge in [-0.2, -0.15) is 0 Å². The lowest BCUT2D eigenvalue weighted by molar-refractivity contribution is 0.142. The number of anilines is 1. The standard InChI is InChI=1S/C16H17N3O2/c20-16(21)19-11-9-18(10-12-19)14-6-4-13(5-7-14)15-3-1-2-8-17-15/h1-8H,9-12H2,(H,20,21). The largest absolute Gasteiger partial charge is 0.465 e. The molecule has 0 unspecified atom stereocenters. The minimum Gasteiger partial charge on any atom is -0.465 e. The highest BCUT2D eigenvalue weighted by Crippen LogP contribution is 2.22. The van der Waals surface area contributed by atoms with E-state index in [2.05, 4.69) is 34.1 Å². The zero-order valence-corrected chi connectivity index (χ0v) is 11.6. The quantitative estimate of drug-likeness (QED) is 0.920. The summed E-state index contributed by atoms with van der Waals surface area (Å²) in [6.07, 6.45) is 0.953. The summed E-state index contributed by atoms with van der Waals surface area (Å²) in [6, 6.07) is 14.1. The van der Waals surface area contributed by atoms with Crippen molar-refractivity contribution in [3.63, 3.8) is 0 Å². The van der Waals surface area contributed by atoms with Crippen molar-refractivity contribution in [2.45, 2.75) is 0 Å².